The van der Waals surface area contributed by atoms with E-state index in [0.717, 1.165) is 31.1 Å². The molecule has 0 radical (unpaired) electrons. The van der Waals surface area contributed by atoms with Crippen LogP contribution in [0, 0.1) is 17.8 Å². The first-order valence-corrected chi connectivity index (χ1v) is 16.1. The van der Waals surface area contributed by atoms with Crippen molar-refractivity contribution in [2.24, 2.45) is 17.8 Å². The Morgan fingerprint density at radius 2 is 0.763 bits per heavy atom. The number of carboxylic acids is 1. The van der Waals surface area contributed by atoms with Crippen LogP contribution in [-0.4, -0.2) is 72.1 Å². The fourth-order valence-electron chi connectivity index (χ4n) is 8.11. The summed E-state index contributed by atoms with van der Waals surface area (Å²) < 4.78 is 27.0. The molecular formula is C31H48O7. The Morgan fingerprint density at radius 1 is 0.421 bits per heavy atom. The van der Waals surface area contributed by atoms with Crippen molar-refractivity contribution in [2.45, 2.75) is 170 Å². The van der Waals surface area contributed by atoms with E-state index < -0.39 is 5.97 Å². The van der Waals surface area contributed by atoms with E-state index >= 15 is 0 Å². The van der Waals surface area contributed by atoms with Gasteiger partial charge in [-0.25, -0.2) is 0 Å². The highest BCUT2D eigenvalue weighted by molar-refractivity contribution is 5.70. The van der Waals surface area contributed by atoms with Gasteiger partial charge in [-0.15, -0.1) is 0 Å². The number of rotatable bonds is 2. The van der Waals surface area contributed by atoms with E-state index in [-0.39, 0.29) is 12.0 Å². The number of ether oxygens (including phenoxy) is 5. The number of aliphatic carboxylic acids is 1. The molecule has 0 aromatic carbocycles. The molecule has 0 aromatic rings. The lowest BCUT2D eigenvalue weighted by atomic mass is 9.73. The van der Waals surface area contributed by atoms with E-state index in [2.05, 4.69) is 0 Å². The fourth-order valence-corrected chi connectivity index (χ4v) is 8.11. The molecule has 13 atom stereocenters. The third-order valence-corrected chi connectivity index (χ3v) is 10.9. The molecule has 10 aliphatic rings. The Hall–Kier alpha value is -0.730. The number of hydrogen-bond acceptors (Lipinski definition) is 6. The first-order valence-electron chi connectivity index (χ1n) is 16.1. The van der Waals surface area contributed by atoms with Gasteiger partial charge in [0, 0.05) is 0 Å². The van der Waals surface area contributed by atoms with Gasteiger partial charge in [0.1, 0.15) is 0 Å². The second-order valence-electron chi connectivity index (χ2n) is 13.6. The molecule has 5 saturated carbocycles. The maximum absolute atomic E-state index is 10.5. The maximum Gasteiger partial charge on any atom is 0.306 e. The molecule has 7 nitrogen and oxygen atoms in total. The van der Waals surface area contributed by atoms with Crippen LogP contribution in [0.5, 0.6) is 0 Å². The van der Waals surface area contributed by atoms with Crippen molar-refractivity contribution in [1.29, 1.82) is 0 Å². The van der Waals surface area contributed by atoms with Crippen LogP contribution >= 0.6 is 0 Å². The Morgan fingerprint density at radius 3 is 1.11 bits per heavy atom. The predicted molar refractivity (Wildman–Crippen MR) is 140 cm³/mol. The van der Waals surface area contributed by atoms with E-state index in [1.165, 1.54) is 89.9 Å². The van der Waals surface area contributed by atoms with Crippen LogP contribution in [0.15, 0.2) is 0 Å². The Kier molecular flexibility index (Phi) is 7.77. The predicted octanol–water partition coefficient (Wildman–Crippen LogP) is 5.42. The average molecular weight is 533 g/mol. The summed E-state index contributed by atoms with van der Waals surface area (Å²) in [5.74, 6) is 1.13. The molecule has 0 spiro atoms. The molecule has 5 heterocycles. The third-order valence-electron chi connectivity index (χ3n) is 10.9. The van der Waals surface area contributed by atoms with Crippen LogP contribution in [0.2, 0.25) is 0 Å². The normalized spacial score (nSPS) is 51.4. The van der Waals surface area contributed by atoms with Crippen LogP contribution in [0.4, 0.5) is 0 Å². The van der Waals surface area contributed by atoms with Crippen molar-refractivity contribution < 1.29 is 33.6 Å². The van der Waals surface area contributed by atoms with Crippen molar-refractivity contribution in [3.8, 4) is 0 Å². The average Bonchev–Trinajstić information content (AvgIpc) is 3.78. The molecule has 1 N–H and O–H groups in total. The molecule has 5 aliphatic carbocycles. The zero-order valence-electron chi connectivity index (χ0n) is 22.9. The van der Waals surface area contributed by atoms with Crippen molar-refractivity contribution >= 4 is 5.97 Å². The van der Waals surface area contributed by atoms with Gasteiger partial charge in [-0.1, -0.05) is 25.7 Å². The van der Waals surface area contributed by atoms with Crippen LogP contribution < -0.4 is 0 Å². The molecular weight excluding hydrogens is 484 g/mol. The highest BCUT2D eigenvalue weighted by Gasteiger charge is 2.50. The summed E-state index contributed by atoms with van der Waals surface area (Å²) in [6, 6.07) is 0. The lowest BCUT2D eigenvalue weighted by molar-refractivity contribution is -0.142. The second kappa shape index (κ2) is 11.3. The van der Waals surface area contributed by atoms with E-state index in [1.54, 1.807) is 0 Å². The van der Waals surface area contributed by atoms with Gasteiger partial charge in [0.05, 0.1) is 67.0 Å². The summed E-state index contributed by atoms with van der Waals surface area (Å²) in [6.45, 7) is 0. The van der Waals surface area contributed by atoms with Gasteiger partial charge in [-0.2, -0.15) is 0 Å². The van der Waals surface area contributed by atoms with Crippen molar-refractivity contribution in [3.05, 3.63) is 0 Å². The van der Waals surface area contributed by atoms with E-state index in [9.17, 15) is 4.79 Å². The highest BCUT2D eigenvalue weighted by Crippen LogP contribution is 2.49. The van der Waals surface area contributed by atoms with Gasteiger partial charge in [0.2, 0.25) is 0 Å². The first kappa shape index (κ1) is 26.2. The summed E-state index contributed by atoms with van der Waals surface area (Å²) in [6.07, 6.45) is 27.8. The molecule has 10 rings (SSSR count). The highest BCUT2D eigenvalue weighted by atomic mass is 16.6. The summed E-state index contributed by atoms with van der Waals surface area (Å²) in [5, 5.41) is 8.62. The minimum Gasteiger partial charge on any atom is -0.481 e. The third kappa shape index (κ3) is 6.76. The number of carbonyl (C=O) groups is 1. The molecule has 13 unspecified atom stereocenters. The summed E-state index contributed by atoms with van der Waals surface area (Å²) >= 11 is 0. The topological polar surface area (TPSA) is 100.0 Å². The quantitative estimate of drug-likeness (QED) is 0.474. The van der Waals surface area contributed by atoms with Gasteiger partial charge in [-0.05, 0) is 95.3 Å². The largest absolute Gasteiger partial charge is 0.481 e. The van der Waals surface area contributed by atoms with Gasteiger partial charge in [0.15, 0.2) is 0 Å². The van der Waals surface area contributed by atoms with Gasteiger partial charge < -0.3 is 28.8 Å². The van der Waals surface area contributed by atoms with Crippen molar-refractivity contribution in [1.82, 2.24) is 0 Å². The number of carboxylic acid groups (broad SMARTS) is 1. The number of epoxide rings is 5. The van der Waals surface area contributed by atoms with Gasteiger partial charge in [-0.3, -0.25) is 4.79 Å². The molecule has 0 aromatic heterocycles. The second-order valence-corrected chi connectivity index (χ2v) is 13.6. The number of hydrogen-bond donors (Lipinski definition) is 1. The SMILES string of the molecule is C1CC2OC2CC1C1CCC2OC2C1.C1CCC2OC2C1.C1CCC2OC2C1.O=C(O)C1CCC2OC2C1. The fraction of sp³-hybridized carbons (Fsp3) is 0.968. The van der Waals surface area contributed by atoms with Crippen LogP contribution in [0.1, 0.15) is 109 Å². The molecule has 7 heteroatoms. The van der Waals surface area contributed by atoms with Crippen LogP contribution in [0.3, 0.4) is 0 Å². The van der Waals surface area contributed by atoms with Gasteiger partial charge in [0.25, 0.3) is 0 Å². The monoisotopic (exact) mass is 532 g/mol. The molecule has 5 aliphatic heterocycles. The van der Waals surface area contributed by atoms with Crippen LogP contribution in [0.25, 0.3) is 0 Å². The standard InChI is InChI=1S/C12H18O2.C7H10O3.2C6H10O/c1-3-9-11(13-9)5-7(1)8-2-4-10-12(6-8)14-10;8-7(9)4-1-2-5-6(3-4)10-5;2*1-2-4-6-5(3-1)7-6/h7-12H,1-6H2;4-6H,1-3H2,(H,8,9);2*5-6H,1-4H2. The maximum atomic E-state index is 10.5. The molecule has 10 fully saturated rings. The van der Waals surface area contributed by atoms with Gasteiger partial charge >= 0.3 is 5.97 Å². The molecule has 214 valence electrons. The van der Waals surface area contributed by atoms with E-state index in [1.807, 2.05) is 0 Å². The zero-order valence-corrected chi connectivity index (χ0v) is 22.9. The summed E-state index contributed by atoms with van der Waals surface area (Å²) in [5.41, 5.74) is 0. The molecule has 0 amide bonds. The smallest absolute Gasteiger partial charge is 0.306 e. The minimum absolute atomic E-state index is 0.135. The minimum atomic E-state index is -0.658. The zero-order chi connectivity index (χ0) is 25.6. The lowest BCUT2D eigenvalue weighted by Gasteiger charge is -2.30. The van der Waals surface area contributed by atoms with E-state index in [0.29, 0.717) is 54.9 Å². The summed E-state index contributed by atoms with van der Waals surface area (Å²) in [4.78, 5) is 10.5. The van der Waals surface area contributed by atoms with Crippen molar-refractivity contribution in [2.75, 3.05) is 0 Å². The number of fused-ring (bicyclic) bond motifs is 5. The first-order chi connectivity index (χ1) is 18.6. The van der Waals surface area contributed by atoms with Crippen LogP contribution in [-0.2, 0) is 28.5 Å². The summed E-state index contributed by atoms with van der Waals surface area (Å²) in [7, 11) is 0. The molecule has 38 heavy (non-hydrogen) atoms. The lowest BCUT2D eigenvalue weighted by Crippen LogP contribution is -2.26. The Labute approximate surface area is 227 Å². The molecule has 5 saturated heterocycles. The van der Waals surface area contributed by atoms with E-state index in [4.69, 9.17) is 28.8 Å². The Bertz CT molecular complexity index is 767. The molecule has 0 bridgehead atoms. The Balaban J connectivity index is 0.0000000890. The van der Waals surface area contributed by atoms with Crippen molar-refractivity contribution in [3.63, 3.8) is 0 Å².